The number of ether oxygens (including phenoxy) is 1. The predicted octanol–water partition coefficient (Wildman–Crippen LogP) is 2.40. The molecule has 28 heavy (non-hydrogen) atoms. The van der Waals surface area contributed by atoms with Crippen LogP contribution in [0.1, 0.15) is 10.4 Å². The summed E-state index contributed by atoms with van der Waals surface area (Å²) in [6.07, 6.45) is 3.65. The van der Waals surface area contributed by atoms with Crippen molar-refractivity contribution < 1.29 is 13.2 Å². The van der Waals surface area contributed by atoms with E-state index in [1.807, 2.05) is 0 Å². The predicted molar refractivity (Wildman–Crippen MR) is 108 cm³/mol. The van der Waals surface area contributed by atoms with Crippen molar-refractivity contribution in [3.8, 4) is 5.75 Å². The van der Waals surface area contributed by atoms with Crippen LogP contribution in [0.4, 0.5) is 0 Å². The number of allylic oxidation sites excluding steroid dienone is 1. The lowest BCUT2D eigenvalue weighted by Gasteiger charge is -2.26. The van der Waals surface area contributed by atoms with Gasteiger partial charge in [0, 0.05) is 24.5 Å². The van der Waals surface area contributed by atoms with Crippen molar-refractivity contribution >= 4 is 31.6 Å². The van der Waals surface area contributed by atoms with Crippen LogP contribution in [0.3, 0.4) is 0 Å². The van der Waals surface area contributed by atoms with Crippen LogP contribution >= 0.6 is 11.3 Å². The smallest absolute Gasteiger partial charge is 0.262 e. The quantitative estimate of drug-likeness (QED) is 0.596. The van der Waals surface area contributed by atoms with Gasteiger partial charge in [-0.2, -0.15) is 4.31 Å². The van der Waals surface area contributed by atoms with E-state index >= 15 is 0 Å². The summed E-state index contributed by atoms with van der Waals surface area (Å²) in [5.41, 5.74) is 0.811. The third kappa shape index (κ3) is 3.05. The summed E-state index contributed by atoms with van der Waals surface area (Å²) >= 11 is 1.39. The van der Waals surface area contributed by atoms with Crippen LogP contribution in [-0.2, 0) is 29.5 Å². The Hall–Kier alpha value is -2.49. The minimum Gasteiger partial charge on any atom is -0.497 e. The second-order valence-electron chi connectivity index (χ2n) is 6.44. The summed E-state index contributed by atoms with van der Waals surface area (Å²) in [4.78, 5) is 18.9. The summed E-state index contributed by atoms with van der Waals surface area (Å²) in [7, 11) is -2.09. The van der Waals surface area contributed by atoms with E-state index < -0.39 is 10.0 Å². The summed E-state index contributed by atoms with van der Waals surface area (Å²) < 4.78 is 34.1. The molecule has 0 fully saturated rings. The van der Waals surface area contributed by atoms with Crippen LogP contribution in [0.15, 0.2) is 52.9 Å². The molecule has 3 aromatic rings. The molecule has 4 rings (SSSR count). The molecule has 0 spiro atoms. The van der Waals surface area contributed by atoms with Crippen LogP contribution < -0.4 is 10.3 Å². The molecule has 0 atom stereocenters. The molecule has 0 unspecified atom stereocenters. The van der Waals surface area contributed by atoms with Crippen molar-refractivity contribution in [1.82, 2.24) is 13.9 Å². The van der Waals surface area contributed by atoms with Gasteiger partial charge in [0.25, 0.3) is 5.56 Å². The first-order valence-electron chi connectivity index (χ1n) is 8.70. The maximum absolute atomic E-state index is 13.0. The zero-order valence-corrected chi connectivity index (χ0v) is 16.9. The lowest BCUT2D eigenvalue weighted by Crippen LogP contribution is -2.35. The first-order valence-corrected chi connectivity index (χ1v) is 11.0. The van der Waals surface area contributed by atoms with Crippen LogP contribution in [-0.4, -0.2) is 35.9 Å². The molecule has 1 aliphatic heterocycles. The van der Waals surface area contributed by atoms with Gasteiger partial charge in [-0.3, -0.25) is 9.36 Å². The molecule has 3 heterocycles. The van der Waals surface area contributed by atoms with Gasteiger partial charge in [0.05, 0.1) is 23.7 Å². The molecular weight excluding hydrogens is 398 g/mol. The SMILES string of the molecule is C=CCn1cnc2sc3c(c2c1=O)CCN(S(=O)(=O)c1ccc(OC)cc1)C3. The number of sulfonamides is 1. The highest BCUT2D eigenvalue weighted by molar-refractivity contribution is 7.89. The fourth-order valence-electron chi connectivity index (χ4n) is 3.37. The molecule has 2 aromatic heterocycles. The number of methoxy groups -OCH3 is 1. The largest absolute Gasteiger partial charge is 0.497 e. The van der Waals surface area contributed by atoms with Crippen molar-refractivity contribution in [1.29, 1.82) is 0 Å². The van der Waals surface area contributed by atoms with Crippen LogP contribution in [0.25, 0.3) is 10.2 Å². The Kier molecular flexibility index (Phi) is 4.82. The van der Waals surface area contributed by atoms with Crippen molar-refractivity contribution in [2.75, 3.05) is 13.7 Å². The number of aromatic nitrogens is 2. The number of benzene rings is 1. The fraction of sp³-hybridized carbons (Fsp3) is 0.263. The fourth-order valence-corrected chi connectivity index (χ4v) is 6.05. The zero-order valence-electron chi connectivity index (χ0n) is 15.3. The van der Waals surface area contributed by atoms with Crippen molar-refractivity contribution in [2.24, 2.45) is 0 Å². The molecule has 0 saturated carbocycles. The topological polar surface area (TPSA) is 81.5 Å². The highest BCUT2D eigenvalue weighted by Crippen LogP contribution is 2.34. The summed E-state index contributed by atoms with van der Waals surface area (Å²) in [5.74, 6) is 0.603. The van der Waals surface area contributed by atoms with Gasteiger partial charge in [-0.05, 0) is 36.2 Å². The Balaban J connectivity index is 1.70. The number of hydrogen-bond donors (Lipinski definition) is 0. The van der Waals surface area contributed by atoms with Crippen molar-refractivity contribution in [2.45, 2.75) is 24.4 Å². The van der Waals surface area contributed by atoms with E-state index in [0.29, 0.717) is 35.5 Å². The van der Waals surface area contributed by atoms with Crippen molar-refractivity contribution in [3.63, 3.8) is 0 Å². The normalized spacial score (nSPS) is 14.8. The first-order chi connectivity index (χ1) is 13.5. The van der Waals surface area contributed by atoms with Gasteiger partial charge in [-0.25, -0.2) is 13.4 Å². The molecule has 1 aromatic carbocycles. The summed E-state index contributed by atoms with van der Waals surface area (Å²) in [6, 6.07) is 6.36. The molecule has 7 nitrogen and oxygen atoms in total. The van der Waals surface area contributed by atoms with E-state index in [9.17, 15) is 13.2 Å². The third-order valence-corrected chi connectivity index (χ3v) is 7.80. The average Bonchev–Trinajstić information content (AvgIpc) is 3.08. The highest BCUT2D eigenvalue weighted by atomic mass is 32.2. The van der Waals surface area contributed by atoms with E-state index in [0.717, 1.165) is 10.4 Å². The highest BCUT2D eigenvalue weighted by Gasteiger charge is 2.31. The van der Waals surface area contributed by atoms with E-state index in [1.165, 1.54) is 33.6 Å². The van der Waals surface area contributed by atoms with Crippen LogP contribution in [0, 0.1) is 0 Å². The van der Waals surface area contributed by atoms with Gasteiger partial charge in [-0.15, -0.1) is 17.9 Å². The minimum absolute atomic E-state index is 0.103. The number of rotatable bonds is 5. The van der Waals surface area contributed by atoms with Gasteiger partial charge < -0.3 is 4.74 Å². The van der Waals surface area contributed by atoms with E-state index in [4.69, 9.17) is 4.74 Å². The van der Waals surface area contributed by atoms with Gasteiger partial charge in [0.1, 0.15) is 10.6 Å². The standard InChI is InChI=1S/C19H19N3O4S2/c1-3-9-21-12-20-18-17(19(21)23)15-8-10-22(11-16(15)27-18)28(24,25)14-6-4-13(26-2)5-7-14/h3-7,12H,1,8-11H2,2H3. The number of fused-ring (bicyclic) bond motifs is 3. The van der Waals surface area contributed by atoms with Crippen molar-refractivity contribution in [3.05, 3.63) is 64.0 Å². The van der Waals surface area contributed by atoms with Gasteiger partial charge >= 0.3 is 0 Å². The maximum atomic E-state index is 13.0. The Bertz CT molecular complexity index is 1210. The maximum Gasteiger partial charge on any atom is 0.262 e. The zero-order chi connectivity index (χ0) is 19.9. The Morgan fingerprint density at radius 1 is 1.32 bits per heavy atom. The number of nitrogens with zero attached hydrogens (tertiary/aromatic N) is 3. The molecule has 146 valence electrons. The minimum atomic E-state index is -3.63. The van der Waals surface area contributed by atoms with Gasteiger partial charge in [0.2, 0.25) is 10.0 Å². The number of hydrogen-bond acceptors (Lipinski definition) is 6. The molecule has 1 aliphatic rings. The molecule has 0 N–H and O–H groups in total. The molecule has 9 heteroatoms. The Morgan fingerprint density at radius 2 is 2.07 bits per heavy atom. The molecule has 0 saturated heterocycles. The van der Waals surface area contributed by atoms with Crippen LogP contribution in [0.5, 0.6) is 5.75 Å². The molecule has 0 aliphatic carbocycles. The summed E-state index contributed by atoms with van der Waals surface area (Å²) in [6.45, 7) is 4.62. The lowest BCUT2D eigenvalue weighted by atomic mass is 10.1. The molecule has 0 amide bonds. The summed E-state index contributed by atoms with van der Waals surface area (Å²) in [5, 5.41) is 0.603. The van der Waals surface area contributed by atoms with Gasteiger partial charge in [0.15, 0.2) is 0 Å². The monoisotopic (exact) mass is 417 g/mol. The molecular formula is C19H19N3O4S2. The van der Waals surface area contributed by atoms with Gasteiger partial charge in [-0.1, -0.05) is 6.08 Å². The van der Waals surface area contributed by atoms with E-state index in [2.05, 4.69) is 11.6 Å². The lowest BCUT2D eigenvalue weighted by molar-refractivity contribution is 0.396. The number of thiophene rings is 1. The first kappa shape index (κ1) is 18.9. The Labute approximate surface area is 166 Å². The second kappa shape index (κ2) is 7.16. The Morgan fingerprint density at radius 3 is 2.75 bits per heavy atom. The van der Waals surface area contributed by atoms with Crippen LogP contribution in [0.2, 0.25) is 0 Å². The van der Waals surface area contributed by atoms with E-state index in [-0.39, 0.29) is 17.0 Å². The van der Waals surface area contributed by atoms with E-state index in [1.54, 1.807) is 30.3 Å². The molecule has 0 radical (unpaired) electrons. The average molecular weight is 418 g/mol. The molecule has 0 bridgehead atoms. The third-order valence-electron chi connectivity index (χ3n) is 4.82. The second-order valence-corrected chi connectivity index (χ2v) is 9.46.